The van der Waals surface area contributed by atoms with E-state index in [0.29, 0.717) is 23.1 Å². The highest BCUT2D eigenvalue weighted by Gasteiger charge is 2.27. The van der Waals surface area contributed by atoms with Gasteiger partial charge in [0, 0.05) is 37.8 Å². The summed E-state index contributed by atoms with van der Waals surface area (Å²) in [5, 5.41) is 2.35. The monoisotopic (exact) mass is 437 g/mol. The molecule has 2 heterocycles. The number of benzene rings is 1. The summed E-state index contributed by atoms with van der Waals surface area (Å²) in [5.74, 6) is 0.167. The first-order valence-corrected chi connectivity index (χ1v) is 11.6. The lowest BCUT2D eigenvalue weighted by Crippen LogP contribution is -2.50. The third-order valence-electron chi connectivity index (χ3n) is 4.24. The summed E-state index contributed by atoms with van der Waals surface area (Å²) in [6, 6.07) is 12.7. The molecule has 148 valence electrons. The van der Waals surface area contributed by atoms with E-state index in [1.807, 2.05) is 30.3 Å². The number of aromatic nitrogens is 1. The van der Waals surface area contributed by atoms with Gasteiger partial charge in [0.1, 0.15) is 5.03 Å². The standard InChI is InChI=1S/C19H20ClN3O3S2/c20-17-7-4-9-21-19(17)27-15-18(24)22-10-12-23(13-11-22)28(25,26)14-8-16-5-2-1-3-6-16/h1-9,14H,10-13,15H2/b14-8+. The number of sulfonamides is 1. The zero-order valence-electron chi connectivity index (χ0n) is 15.1. The molecule has 1 aromatic heterocycles. The van der Waals surface area contributed by atoms with Gasteiger partial charge in [-0.15, -0.1) is 0 Å². The molecular weight excluding hydrogens is 418 g/mol. The molecule has 1 fully saturated rings. The van der Waals surface area contributed by atoms with Gasteiger partial charge >= 0.3 is 0 Å². The number of nitrogens with zero attached hydrogens (tertiary/aromatic N) is 3. The lowest BCUT2D eigenvalue weighted by molar-refractivity contribution is -0.129. The number of pyridine rings is 1. The largest absolute Gasteiger partial charge is 0.339 e. The minimum absolute atomic E-state index is 0.0522. The van der Waals surface area contributed by atoms with Crippen molar-refractivity contribution in [2.24, 2.45) is 0 Å². The predicted molar refractivity (Wildman–Crippen MR) is 113 cm³/mol. The van der Waals surface area contributed by atoms with Gasteiger partial charge < -0.3 is 4.90 Å². The topological polar surface area (TPSA) is 70.6 Å². The highest BCUT2D eigenvalue weighted by molar-refractivity contribution is 8.00. The molecule has 2 aromatic rings. The van der Waals surface area contributed by atoms with Crippen molar-refractivity contribution in [3.8, 4) is 0 Å². The number of hydrogen-bond donors (Lipinski definition) is 0. The minimum Gasteiger partial charge on any atom is -0.339 e. The van der Waals surface area contributed by atoms with Crippen LogP contribution in [-0.2, 0) is 14.8 Å². The van der Waals surface area contributed by atoms with Crippen LogP contribution in [0.3, 0.4) is 0 Å². The lowest BCUT2D eigenvalue weighted by Gasteiger charge is -2.33. The normalized spacial score (nSPS) is 15.8. The summed E-state index contributed by atoms with van der Waals surface area (Å²) < 4.78 is 26.4. The number of amides is 1. The number of halogens is 1. The molecule has 0 spiro atoms. The maximum Gasteiger partial charge on any atom is 0.236 e. The Labute approximate surface area is 174 Å². The maximum atomic E-state index is 12.5. The van der Waals surface area contributed by atoms with Crippen LogP contribution in [0.25, 0.3) is 6.08 Å². The molecule has 3 rings (SSSR count). The lowest BCUT2D eigenvalue weighted by atomic mass is 10.2. The van der Waals surface area contributed by atoms with E-state index >= 15 is 0 Å². The van der Waals surface area contributed by atoms with Crippen LogP contribution in [0.4, 0.5) is 0 Å². The smallest absolute Gasteiger partial charge is 0.236 e. The van der Waals surface area contributed by atoms with Gasteiger partial charge in [-0.3, -0.25) is 4.79 Å². The molecule has 6 nitrogen and oxygen atoms in total. The fraction of sp³-hybridized carbons (Fsp3) is 0.263. The highest BCUT2D eigenvalue weighted by atomic mass is 35.5. The molecular formula is C19H20ClN3O3S2. The Bertz CT molecular complexity index is 944. The zero-order valence-corrected chi connectivity index (χ0v) is 17.5. The van der Waals surface area contributed by atoms with Crippen molar-refractivity contribution in [1.29, 1.82) is 0 Å². The first kappa shape index (κ1) is 20.9. The van der Waals surface area contributed by atoms with E-state index in [2.05, 4.69) is 4.98 Å². The van der Waals surface area contributed by atoms with Crippen molar-refractivity contribution < 1.29 is 13.2 Å². The quantitative estimate of drug-likeness (QED) is 0.650. The molecule has 1 aliphatic heterocycles. The third-order valence-corrected chi connectivity index (χ3v) is 7.21. The Morgan fingerprint density at radius 1 is 1.11 bits per heavy atom. The summed E-state index contributed by atoms with van der Waals surface area (Å²) in [6.45, 7) is 1.30. The molecule has 1 saturated heterocycles. The summed E-state index contributed by atoms with van der Waals surface area (Å²) in [7, 11) is -3.51. The average Bonchev–Trinajstić information content (AvgIpc) is 2.72. The molecule has 0 N–H and O–H groups in total. The van der Waals surface area contributed by atoms with Crippen molar-refractivity contribution >= 4 is 45.4 Å². The summed E-state index contributed by atoms with van der Waals surface area (Å²) >= 11 is 7.33. The number of carbonyl (C=O) groups is 1. The van der Waals surface area contributed by atoms with Crippen molar-refractivity contribution in [2.45, 2.75) is 5.03 Å². The van der Waals surface area contributed by atoms with Gasteiger partial charge in [0.15, 0.2) is 0 Å². The number of rotatable bonds is 6. The van der Waals surface area contributed by atoms with Gasteiger partial charge in [0.2, 0.25) is 15.9 Å². The number of piperazine rings is 1. The van der Waals surface area contributed by atoms with Crippen LogP contribution in [0.15, 0.2) is 59.1 Å². The number of hydrogen-bond acceptors (Lipinski definition) is 5. The molecule has 9 heteroatoms. The number of thioether (sulfide) groups is 1. The summed E-state index contributed by atoms with van der Waals surface area (Å²) in [6.07, 6.45) is 3.21. The van der Waals surface area contributed by atoms with Crippen molar-refractivity contribution in [3.63, 3.8) is 0 Å². The Morgan fingerprint density at radius 3 is 2.50 bits per heavy atom. The molecule has 1 amide bonds. The third kappa shape index (κ3) is 5.57. The minimum atomic E-state index is -3.51. The van der Waals surface area contributed by atoms with Crippen molar-refractivity contribution in [1.82, 2.24) is 14.2 Å². The summed E-state index contributed by atoms with van der Waals surface area (Å²) in [4.78, 5) is 18.2. The molecule has 0 aliphatic carbocycles. The van der Waals surface area contributed by atoms with E-state index in [-0.39, 0.29) is 24.7 Å². The Balaban J connectivity index is 1.51. The van der Waals surface area contributed by atoms with Gasteiger partial charge in [0.25, 0.3) is 0 Å². The summed E-state index contributed by atoms with van der Waals surface area (Å²) in [5.41, 5.74) is 0.824. The van der Waals surface area contributed by atoms with E-state index in [1.165, 1.54) is 21.5 Å². The Hall–Kier alpha value is -1.87. The van der Waals surface area contributed by atoms with Crippen molar-refractivity contribution in [2.75, 3.05) is 31.9 Å². The molecule has 0 radical (unpaired) electrons. The van der Waals surface area contributed by atoms with Gasteiger partial charge in [-0.2, -0.15) is 4.31 Å². The first-order chi connectivity index (χ1) is 13.5. The van der Waals surface area contributed by atoms with Crippen LogP contribution in [0.1, 0.15) is 5.56 Å². The van der Waals surface area contributed by atoms with E-state index < -0.39 is 10.0 Å². The molecule has 1 aromatic carbocycles. The van der Waals surface area contributed by atoms with Crippen LogP contribution in [0, 0.1) is 0 Å². The Kier molecular flexibility index (Phi) is 7.12. The van der Waals surface area contributed by atoms with Crippen LogP contribution in [0.2, 0.25) is 5.02 Å². The van der Waals surface area contributed by atoms with Gasteiger partial charge in [-0.25, -0.2) is 13.4 Å². The molecule has 0 unspecified atom stereocenters. The molecule has 28 heavy (non-hydrogen) atoms. The highest BCUT2D eigenvalue weighted by Crippen LogP contribution is 2.24. The zero-order chi connectivity index (χ0) is 20.0. The van der Waals surface area contributed by atoms with E-state index in [1.54, 1.807) is 29.3 Å². The second-order valence-corrected chi connectivity index (χ2v) is 9.31. The van der Waals surface area contributed by atoms with E-state index in [0.717, 1.165) is 5.56 Å². The van der Waals surface area contributed by atoms with Gasteiger partial charge in [-0.1, -0.05) is 53.7 Å². The van der Waals surface area contributed by atoms with E-state index in [4.69, 9.17) is 11.6 Å². The average molecular weight is 438 g/mol. The second-order valence-electron chi connectivity index (χ2n) is 6.12. The van der Waals surface area contributed by atoms with Crippen LogP contribution in [-0.4, -0.2) is 60.4 Å². The SMILES string of the molecule is O=C(CSc1ncccc1Cl)N1CCN(S(=O)(=O)/C=C/c2ccccc2)CC1. The molecule has 0 atom stereocenters. The fourth-order valence-corrected chi connectivity index (χ4v) is 4.95. The first-order valence-electron chi connectivity index (χ1n) is 8.70. The molecule has 0 saturated carbocycles. The van der Waals surface area contributed by atoms with Gasteiger partial charge in [0.05, 0.1) is 10.8 Å². The number of carbonyl (C=O) groups excluding carboxylic acids is 1. The van der Waals surface area contributed by atoms with Crippen LogP contribution >= 0.6 is 23.4 Å². The molecule has 1 aliphatic rings. The molecule has 0 bridgehead atoms. The fourth-order valence-electron chi connectivity index (χ4n) is 2.71. The van der Waals surface area contributed by atoms with Gasteiger partial charge in [-0.05, 0) is 23.8 Å². The predicted octanol–water partition coefficient (Wildman–Crippen LogP) is 2.97. The second kappa shape index (κ2) is 9.56. The van der Waals surface area contributed by atoms with Crippen molar-refractivity contribution in [3.05, 3.63) is 64.7 Å². The van der Waals surface area contributed by atoms with Crippen LogP contribution in [0.5, 0.6) is 0 Å². The maximum absolute atomic E-state index is 12.5. The van der Waals surface area contributed by atoms with Crippen LogP contribution < -0.4 is 0 Å². The van der Waals surface area contributed by atoms with E-state index in [9.17, 15) is 13.2 Å². The Morgan fingerprint density at radius 2 is 1.82 bits per heavy atom.